The predicted octanol–water partition coefficient (Wildman–Crippen LogP) is 9.96. The Morgan fingerprint density at radius 3 is 1.69 bits per heavy atom. The van der Waals surface area contributed by atoms with E-state index in [9.17, 15) is 9.59 Å². The van der Waals surface area contributed by atoms with Gasteiger partial charge in [-0.1, -0.05) is 48.8 Å². The molecule has 6 heterocycles. The van der Waals surface area contributed by atoms with Crippen molar-refractivity contribution >= 4 is 46.6 Å². The monoisotopic (exact) mass is 1050 g/mol. The number of nitrogens with one attached hydrogen (secondary N) is 2. The highest BCUT2D eigenvalue weighted by molar-refractivity contribution is 7.98. The number of imidazole rings is 2. The number of thioether (sulfide) groups is 2. The van der Waals surface area contributed by atoms with Gasteiger partial charge in [-0.25, -0.2) is 9.97 Å². The van der Waals surface area contributed by atoms with Crippen molar-refractivity contribution in [2.45, 2.75) is 67.1 Å². The number of nitrogens with zero attached hydrogens (tertiary/aromatic N) is 8. The highest BCUT2D eigenvalue weighted by Gasteiger charge is 2.16. The van der Waals surface area contributed by atoms with Gasteiger partial charge in [0.2, 0.25) is 0 Å². The Morgan fingerprint density at radius 1 is 0.597 bits per heavy atom. The number of hydrogen-bond donors (Lipinski definition) is 3. The molecule has 13 nitrogen and oxygen atoms in total. The van der Waals surface area contributed by atoms with Crippen molar-refractivity contribution < 1.29 is 9.59 Å². The number of benzene rings is 4. The third-order valence-electron chi connectivity index (χ3n) is 13.1. The average Bonchev–Trinajstić information content (AvgIpc) is 4.31. The summed E-state index contributed by atoms with van der Waals surface area (Å²) in [5.41, 5.74) is 20.0. The second-order valence-electron chi connectivity index (χ2n) is 19.0. The molecule has 0 saturated carbocycles. The van der Waals surface area contributed by atoms with Gasteiger partial charge in [0.15, 0.2) is 0 Å². The maximum atomic E-state index is 13.1. The summed E-state index contributed by atoms with van der Waals surface area (Å²) in [5, 5.41) is 15.0. The van der Waals surface area contributed by atoms with Gasteiger partial charge in [-0.3, -0.25) is 19.0 Å². The van der Waals surface area contributed by atoms with Crippen LogP contribution >= 0.6 is 23.5 Å². The first-order valence-electron chi connectivity index (χ1n) is 25.4. The summed E-state index contributed by atoms with van der Waals surface area (Å²) in [6.07, 6.45) is 18.5. The predicted molar refractivity (Wildman–Crippen MR) is 305 cm³/mol. The third-order valence-corrected chi connectivity index (χ3v) is 15.3. The molecular formula is C62H57N11O2S2. The molecule has 11 rings (SSSR count). The Kier molecular flexibility index (Phi) is 16.4. The lowest BCUT2D eigenvalue weighted by molar-refractivity contribution is 0.0942. The number of aromatic nitrogens is 8. The average molecular weight is 1050 g/mol. The Bertz CT molecular complexity index is 3880. The Balaban J connectivity index is 0.000000175. The van der Waals surface area contributed by atoms with Gasteiger partial charge in [0, 0.05) is 138 Å². The second kappa shape index (κ2) is 24.4. The number of hydrogen-bond acceptors (Lipinski definition) is 9. The largest absolute Gasteiger partial charge is 0.348 e. The zero-order chi connectivity index (χ0) is 53.1. The van der Waals surface area contributed by atoms with E-state index in [0.29, 0.717) is 36.5 Å². The minimum atomic E-state index is -0.155. The van der Waals surface area contributed by atoms with Crippen LogP contribution in [0.25, 0.3) is 11.3 Å². The van der Waals surface area contributed by atoms with Crippen molar-refractivity contribution in [3.8, 4) is 23.7 Å². The minimum absolute atomic E-state index is 0.129. The smallest absolute Gasteiger partial charge is 0.251 e. The number of nitrogens with two attached hydrogens (primary N) is 1. The molecule has 1 unspecified atom stereocenters. The lowest BCUT2D eigenvalue weighted by atomic mass is 9.84. The van der Waals surface area contributed by atoms with Crippen LogP contribution in [-0.2, 0) is 58.1 Å². The molecule has 384 valence electrons. The van der Waals surface area contributed by atoms with Gasteiger partial charge in [0.05, 0.1) is 11.4 Å². The summed E-state index contributed by atoms with van der Waals surface area (Å²) < 4.78 is 7.48. The fourth-order valence-corrected chi connectivity index (χ4v) is 10.7. The molecule has 1 aliphatic carbocycles. The molecule has 0 fully saturated rings. The molecule has 6 aromatic heterocycles. The molecule has 0 aliphatic heterocycles. The normalized spacial score (nSPS) is 12.6. The SMILES string of the molecule is CC1CCc2cc(C#Cc3cc(C(=O)NCc4ccn5ccnc5c4)ccc3SCc3ccn(C)n3)ccc2C1.Cn1ccc(CSc2ccc(C(=O)NCc3ccn4ccnc4c3)cc2C#Cc2cccc(CN)c2)n1. The highest BCUT2D eigenvalue weighted by Crippen LogP contribution is 2.30. The van der Waals surface area contributed by atoms with E-state index in [1.165, 1.54) is 17.5 Å². The molecule has 0 saturated heterocycles. The van der Waals surface area contributed by atoms with Crippen LogP contribution in [0.2, 0.25) is 0 Å². The van der Waals surface area contributed by atoms with Gasteiger partial charge in [0.1, 0.15) is 11.3 Å². The topological polar surface area (TPSA) is 154 Å². The first kappa shape index (κ1) is 51.9. The summed E-state index contributed by atoms with van der Waals surface area (Å²) >= 11 is 3.33. The Hall–Kier alpha value is -8.60. The van der Waals surface area contributed by atoms with E-state index in [2.05, 4.69) is 79.6 Å². The zero-order valence-electron chi connectivity index (χ0n) is 43.1. The van der Waals surface area contributed by atoms with Crippen LogP contribution in [-0.4, -0.2) is 50.1 Å². The standard InChI is InChI=1S/C33H31N5OS.C29H26N6OS/c1-23-3-6-27-18-24(4-7-26(27)17-23)5-8-28-20-29(9-10-31(28)40-22-30-12-14-37(2)36-30)33(39)35-21-25-11-15-38-16-13-34-32(38)19-25;1-34-12-10-26(33-34)20-37-27-8-7-25(17-24(27)6-5-21-3-2-4-22(15-21)18-30)29(36)32-19-23-9-13-35-14-11-31-28(35)16-23/h4,7,9-16,18-20,23H,3,6,17,21-22H2,1-2H3,(H,35,39);2-4,7-17H,18-20,30H2,1H3,(H,32,36). The van der Waals surface area contributed by atoms with E-state index in [1.807, 2.05) is 162 Å². The molecular weight excluding hydrogens is 995 g/mol. The molecule has 2 amide bonds. The van der Waals surface area contributed by atoms with Gasteiger partial charge >= 0.3 is 0 Å². The lowest BCUT2D eigenvalue weighted by Crippen LogP contribution is -2.23. The van der Waals surface area contributed by atoms with E-state index in [0.717, 1.165) is 95.9 Å². The first-order valence-corrected chi connectivity index (χ1v) is 27.4. The van der Waals surface area contributed by atoms with E-state index in [1.54, 1.807) is 40.6 Å². The first-order chi connectivity index (χ1) is 37.6. The van der Waals surface area contributed by atoms with Gasteiger partial charge in [-0.2, -0.15) is 10.2 Å². The second-order valence-corrected chi connectivity index (χ2v) is 21.1. The summed E-state index contributed by atoms with van der Waals surface area (Å²) in [6.45, 7) is 3.62. The van der Waals surface area contributed by atoms with E-state index in [-0.39, 0.29) is 11.8 Å². The molecule has 0 spiro atoms. The molecule has 4 N–H and O–H groups in total. The maximum Gasteiger partial charge on any atom is 0.251 e. The summed E-state index contributed by atoms with van der Waals surface area (Å²) in [6, 6.07) is 37.8. The number of fused-ring (bicyclic) bond motifs is 3. The molecule has 1 atom stereocenters. The zero-order valence-corrected chi connectivity index (χ0v) is 44.7. The van der Waals surface area contributed by atoms with Crippen LogP contribution in [0.3, 0.4) is 0 Å². The minimum Gasteiger partial charge on any atom is -0.348 e. The van der Waals surface area contributed by atoms with Crippen LogP contribution in [0, 0.1) is 29.6 Å². The van der Waals surface area contributed by atoms with E-state index < -0.39 is 0 Å². The maximum absolute atomic E-state index is 13.1. The van der Waals surface area contributed by atoms with Crippen LogP contribution < -0.4 is 16.4 Å². The van der Waals surface area contributed by atoms with Crippen molar-refractivity contribution in [3.05, 3.63) is 237 Å². The molecule has 0 bridgehead atoms. The number of aryl methyl sites for hydroxylation is 3. The third kappa shape index (κ3) is 13.6. The van der Waals surface area contributed by atoms with Gasteiger partial charge in [-0.15, -0.1) is 23.5 Å². The summed E-state index contributed by atoms with van der Waals surface area (Å²) in [7, 11) is 3.83. The van der Waals surface area contributed by atoms with Crippen LogP contribution in [0.4, 0.5) is 0 Å². The summed E-state index contributed by atoms with van der Waals surface area (Å²) in [5.74, 6) is 15.2. The molecule has 77 heavy (non-hydrogen) atoms. The molecule has 10 aromatic rings. The fraction of sp³-hybridized carbons (Fsp3) is 0.194. The van der Waals surface area contributed by atoms with Gasteiger partial charge in [0.25, 0.3) is 11.8 Å². The van der Waals surface area contributed by atoms with Crippen molar-refractivity contribution in [2.24, 2.45) is 25.7 Å². The molecule has 0 radical (unpaired) electrons. The van der Waals surface area contributed by atoms with Crippen LogP contribution in [0.5, 0.6) is 0 Å². The number of rotatable bonds is 13. The van der Waals surface area contributed by atoms with Crippen molar-refractivity contribution in [1.29, 1.82) is 0 Å². The molecule has 15 heteroatoms. The quantitative estimate of drug-likeness (QED) is 0.0756. The number of pyridine rings is 2. The van der Waals surface area contributed by atoms with E-state index in [4.69, 9.17) is 5.73 Å². The fourth-order valence-electron chi connectivity index (χ4n) is 8.94. The molecule has 1 aliphatic rings. The highest BCUT2D eigenvalue weighted by atomic mass is 32.2. The van der Waals surface area contributed by atoms with Crippen molar-refractivity contribution in [1.82, 2.24) is 49.0 Å². The van der Waals surface area contributed by atoms with E-state index >= 15 is 0 Å². The van der Waals surface area contributed by atoms with Crippen molar-refractivity contribution in [2.75, 3.05) is 0 Å². The summed E-state index contributed by atoms with van der Waals surface area (Å²) in [4.78, 5) is 36.8. The van der Waals surface area contributed by atoms with Crippen molar-refractivity contribution in [3.63, 3.8) is 0 Å². The Morgan fingerprint density at radius 2 is 1.16 bits per heavy atom. The number of amides is 2. The van der Waals surface area contributed by atoms with Gasteiger partial charge < -0.3 is 25.2 Å². The number of carbonyl (C=O) groups is 2. The van der Waals surface area contributed by atoms with Crippen LogP contribution in [0.15, 0.2) is 175 Å². The number of carbonyl (C=O) groups excluding carboxylic acids is 2. The lowest BCUT2D eigenvalue weighted by Gasteiger charge is -2.21. The Labute approximate surface area is 456 Å². The van der Waals surface area contributed by atoms with Gasteiger partial charge in [-0.05, 0) is 150 Å². The molecule has 4 aromatic carbocycles. The van der Waals surface area contributed by atoms with Crippen LogP contribution in [0.1, 0.15) is 95.5 Å².